The van der Waals surface area contributed by atoms with Crippen molar-refractivity contribution in [1.29, 1.82) is 0 Å². The van der Waals surface area contributed by atoms with Crippen molar-refractivity contribution in [1.82, 2.24) is 0 Å². The summed E-state index contributed by atoms with van der Waals surface area (Å²) in [5.41, 5.74) is 0.879. The Kier molecular flexibility index (Phi) is 5.52. The van der Waals surface area contributed by atoms with E-state index in [1.54, 1.807) is 33.5 Å². The molecule has 0 aliphatic heterocycles. The standard InChI is InChI=1S/C14H20O4/c1-5-6-11(15)9-10-7-8-12(16-2)14(18-4)13(10)17-3/h5,7-8,11,15H,1,6,9H2,2-4H3. The third-order valence-electron chi connectivity index (χ3n) is 2.68. The van der Waals surface area contributed by atoms with Gasteiger partial charge in [-0.25, -0.2) is 0 Å². The second-order valence-electron chi connectivity index (χ2n) is 3.88. The molecule has 1 aromatic carbocycles. The van der Waals surface area contributed by atoms with Crippen LogP contribution in [-0.2, 0) is 6.42 Å². The van der Waals surface area contributed by atoms with Gasteiger partial charge in [-0.3, -0.25) is 0 Å². The van der Waals surface area contributed by atoms with E-state index < -0.39 is 6.10 Å². The van der Waals surface area contributed by atoms with Crippen LogP contribution in [0.25, 0.3) is 0 Å². The van der Waals surface area contributed by atoms with Crippen LogP contribution in [-0.4, -0.2) is 32.5 Å². The first-order valence-electron chi connectivity index (χ1n) is 5.74. The number of hydrogen-bond donors (Lipinski definition) is 1. The van der Waals surface area contributed by atoms with Crippen molar-refractivity contribution in [2.24, 2.45) is 0 Å². The Morgan fingerprint density at radius 1 is 1.17 bits per heavy atom. The third-order valence-corrected chi connectivity index (χ3v) is 2.68. The van der Waals surface area contributed by atoms with Crippen molar-refractivity contribution in [3.63, 3.8) is 0 Å². The first kappa shape index (κ1) is 14.4. The lowest BCUT2D eigenvalue weighted by Gasteiger charge is -2.17. The van der Waals surface area contributed by atoms with Crippen LogP contribution >= 0.6 is 0 Å². The highest BCUT2D eigenvalue weighted by Crippen LogP contribution is 2.40. The summed E-state index contributed by atoms with van der Waals surface area (Å²) in [6, 6.07) is 3.67. The first-order valence-corrected chi connectivity index (χ1v) is 5.74. The molecule has 0 bridgehead atoms. The summed E-state index contributed by atoms with van der Waals surface area (Å²) in [6.07, 6.45) is 2.24. The van der Waals surface area contributed by atoms with Crippen LogP contribution in [0.5, 0.6) is 17.2 Å². The number of benzene rings is 1. The predicted molar refractivity (Wildman–Crippen MR) is 70.6 cm³/mol. The van der Waals surface area contributed by atoms with Crippen molar-refractivity contribution in [3.05, 3.63) is 30.4 Å². The molecule has 1 unspecified atom stereocenters. The molecule has 100 valence electrons. The third kappa shape index (κ3) is 3.17. The maximum atomic E-state index is 9.81. The fourth-order valence-electron chi connectivity index (χ4n) is 1.85. The van der Waals surface area contributed by atoms with Gasteiger partial charge in [0.1, 0.15) is 0 Å². The van der Waals surface area contributed by atoms with Gasteiger partial charge in [-0.2, -0.15) is 0 Å². The Morgan fingerprint density at radius 3 is 2.33 bits per heavy atom. The lowest BCUT2D eigenvalue weighted by atomic mass is 10.0. The molecule has 4 heteroatoms. The van der Waals surface area contributed by atoms with Crippen LogP contribution in [0.2, 0.25) is 0 Å². The maximum Gasteiger partial charge on any atom is 0.203 e. The van der Waals surface area contributed by atoms with Gasteiger partial charge in [0.2, 0.25) is 5.75 Å². The smallest absolute Gasteiger partial charge is 0.203 e. The molecule has 18 heavy (non-hydrogen) atoms. The van der Waals surface area contributed by atoms with Gasteiger partial charge in [-0.05, 0) is 12.5 Å². The van der Waals surface area contributed by atoms with Gasteiger partial charge in [0.05, 0.1) is 27.4 Å². The molecular weight excluding hydrogens is 232 g/mol. The van der Waals surface area contributed by atoms with Crippen LogP contribution in [0, 0.1) is 0 Å². The number of hydrogen-bond acceptors (Lipinski definition) is 4. The molecule has 1 N–H and O–H groups in total. The van der Waals surface area contributed by atoms with Gasteiger partial charge in [-0.15, -0.1) is 6.58 Å². The Hall–Kier alpha value is -1.68. The van der Waals surface area contributed by atoms with Crippen molar-refractivity contribution in [2.75, 3.05) is 21.3 Å². The fraction of sp³-hybridized carbons (Fsp3) is 0.429. The lowest BCUT2D eigenvalue weighted by molar-refractivity contribution is 0.177. The van der Waals surface area contributed by atoms with Gasteiger partial charge in [0, 0.05) is 12.0 Å². The van der Waals surface area contributed by atoms with Crippen LogP contribution in [0.3, 0.4) is 0 Å². The fourth-order valence-corrected chi connectivity index (χ4v) is 1.85. The van der Waals surface area contributed by atoms with Crippen molar-refractivity contribution < 1.29 is 19.3 Å². The Bertz CT molecular complexity index is 401. The van der Waals surface area contributed by atoms with E-state index in [0.29, 0.717) is 30.1 Å². The number of rotatable bonds is 7. The van der Waals surface area contributed by atoms with E-state index in [4.69, 9.17) is 14.2 Å². The Balaban J connectivity index is 3.08. The SMILES string of the molecule is C=CCC(O)Cc1ccc(OC)c(OC)c1OC. The van der Waals surface area contributed by atoms with E-state index >= 15 is 0 Å². The molecule has 0 saturated carbocycles. The minimum absolute atomic E-state index is 0.477. The zero-order chi connectivity index (χ0) is 13.5. The molecule has 0 spiro atoms. The molecule has 1 atom stereocenters. The van der Waals surface area contributed by atoms with E-state index in [1.807, 2.05) is 6.07 Å². The predicted octanol–water partition coefficient (Wildman–Crippen LogP) is 2.19. The van der Waals surface area contributed by atoms with E-state index in [1.165, 1.54) is 0 Å². The Labute approximate surface area is 108 Å². The molecule has 0 aromatic heterocycles. The molecule has 0 saturated heterocycles. The topological polar surface area (TPSA) is 47.9 Å². The molecule has 0 aliphatic rings. The van der Waals surface area contributed by atoms with Gasteiger partial charge in [-0.1, -0.05) is 12.1 Å². The molecule has 1 rings (SSSR count). The van der Waals surface area contributed by atoms with Crippen LogP contribution in [0.4, 0.5) is 0 Å². The minimum Gasteiger partial charge on any atom is -0.493 e. The van der Waals surface area contributed by atoms with E-state index in [9.17, 15) is 5.11 Å². The molecule has 0 fully saturated rings. The molecule has 0 amide bonds. The summed E-state index contributed by atoms with van der Waals surface area (Å²) in [6.45, 7) is 3.61. The quantitative estimate of drug-likeness (QED) is 0.756. The monoisotopic (exact) mass is 252 g/mol. The summed E-state index contributed by atoms with van der Waals surface area (Å²) in [7, 11) is 4.70. The van der Waals surface area contributed by atoms with Crippen molar-refractivity contribution in [2.45, 2.75) is 18.9 Å². The summed E-state index contributed by atoms with van der Waals surface area (Å²) >= 11 is 0. The average Bonchev–Trinajstić information content (AvgIpc) is 2.38. The minimum atomic E-state index is -0.477. The van der Waals surface area contributed by atoms with E-state index in [-0.39, 0.29) is 0 Å². The normalized spacial score (nSPS) is 11.8. The van der Waals surface area contributed by atoms with Crippen LogP contribution in [0.1, 0.15) is 12.0 Å². The average molecular weight is 252 g/mol. The summed E-state index contributed by atoms with van der Waals surface area (Å²) < 4.78 is 15.8. The second-order valence-corrected chi connectivity index (χ2v) is 3.88. The number of methoxy groups -OCH3 is 3. The van der Waals surface area contributed by atoms with E-state index in [2.05, 4.69) is 6.58 Å². The van der Waals surface area contributed by atoms with Gasteiger partial charge in [0.15, 0.2) is 11.5 Å². The second kappa shape index (κ2) is 6.91. The summed E-state index contributed by atoms with van der Waals surface area (Å²) in [5.74, 6) is 1.75. The van der Waals surface area contributed by atoms with Crippen LogP contribution in [0.15, 0.2) is 24.8 Å². The Morgan fingerprint density at radius 2 is 1.83 bits per heavy atom. The molecule has 4 nitrogen and oxygen atoms in total. The lowest BCUT2D eigenvalue weighted by Crippen LogP contribution is -2.10. The number of ether oxygens (including phenoxy) is 3. The summed E-state index contributed by atoms with van der Waals surface area (Å²) in [4.78, 5) is 0. The van der Waals surface area contributed by atoms with E-state index in [0.717, 1.165) is 5.56 Å². The van der Waals surface area contributed by atoms with Crippen molar-refractivity contribution >= 4 is 0 Å². The van der Waals surface area contributed by atoms with Gasteiger partial charge < -0.3 is 19.3 Å². The molecular formula is C14H20O4. The number of aliphatic hydroxyl groups excluding tert-OH is 1. The highest BCUT2D eigenvalue weighted by atomic mass is 16.5. The molecule has 0 heterocycles. The maximum absolute atomic E-state index is 9.81. The molecule has 0 aliphatic carbocycles. The van der Waals surface area contributed by atoms with Crippen LogP contribution < -0.4 is 14.2 Å². The zero-order valence-electron chi connectivity index (χ0n) is 11.1. The molecule has 1 aromatic rings. The van der Waals surface area contributed by atoms with Gasteiger partial charge in [0.25, 0.3) is 0 Å². The van der Waals surface area contributed by atoms with Crippen molar-refractivity contribution in [3.8, 4) is 17.2 Å². The zero-order valence-corrected chi connectivity index (χ0v) is 11.1. The highest BCUT2D eigenvalue weighted by Gasteiger charge is 2.17. The largest absolute Gasteiger partial charge is 0.493 e. The number of aliphatic hydroxyl groups is 1. The first-order chi connectivity index (χ1) is 8.67. The highest BCUT2D eigenvalue weighted by molar-refractivity contribution is 5.55. The summed E-state index contributed by atoms with van der Waals surface area (Å²) in [5, 5.41) is 9.81. The van der Waals surface area contributed by atoms with Gasteiger partial charge >= 0.3 is 0 Å². The molecule has 0 radical (unpaired) electrons.